The molecule has 0 aromatic rings. The summed E-state index contributed by atoms with van der Waals surface area (Å²) in [5.74, 6) is 0.629. The highest BCUT2D eigenvalue weighted by Gasteiger charge is 2.30. The zero-order valence-corrected chi connectivity index (χ0v) is 8.07. The Morgan fingerprint density at radius 1 is 1.57 bits per heavy atom. The lowest BCUT2D eigenvalue weighted by Crippen LogP contribution is -2.37. The normalized spacial score (nSPS) is 36.1. The monoisotopic (exact) mass is 200 g/mol. The summed E-state index contributed by atoms with van der Waals surface area (Å²) in [5.41, 5.74) is 5.50. The Morgan fingerprint density at radius 3 is 2.93 bits per heavy atom. The molecule has 2 rings (SSSR count). The number of carbonyl (C=O) groups excluding carboxylic acids is 1. The van der Waals surface area contributed by atoms with E-state index in [2.05, 4.69) is 5.32 Å². The van der Waals surface area contributed by atoms with Gasteiger partial charge in [0.25, 0.3) is 0 Å². The van der Waals surface area contributed by atoms with E-state index in [-0.39, 0.29) is 12.2 Å². The van der Waals surface area contributed by atoms with Crippen molar-refractivity contribution in [2.45, 2.75) is 25.0 Å². The number of cyclic esters (lactones) is 1. The van der Waals surface area contributed by atoms with Crippen LogP contribution in [-0.2, 0) is 9.47 Å². The van der Waals surface area contributed by atoms with Gasteiger partial charge in [-0.25, -0.2) is 4.79 Å². The summed E-state index contributed by atoms with van der Waals surface area (Å²) in [6, 6.07) is 0. The summed E-state index contributed by atoms with van der Waals surface area (Å²) in [4.78, 5) is 10.7. The summed E-state index contributed by atoms with van der Waals surface area (Å²) in [6.45, 7) is 1.81. The zero-order valence-electron chi connectivity index (χ0n) is 8.07. The summed E-state index contributed by atoms with van der Waals surface area (Å²) in [7, 11) is 0. The lowest BCUT2D eigenvalue weighted by Gasteiger charge is -2.34. The van der Waals surface area contributed by atoms with Crippen molar-refractivity contribution in [1.82, 2.24) is 5.32 Å². The van der Waals surface area contributed by atoms with Gasteiger partial charge in [-0.15, -0.1) is 0 Å². The maximum absolute atomic E-state index is 10.7. The van der Waals surface area contributed by atoms with Crippen LogP contribution in [-0.4, -0.2) is 38.0 Å². The van der Waals surface area contributed by atoms with Crippen molar-refractivity contribution in [2.75, 3.05) is 19.7 Å². The molecule has 1 saturated carbocycles. The average Bonchev–Trinajstić information content (AvgIpc) is 2.49. The van der Waals surface area contributed by atoms with E-state index in [1.165, 1.54) is 0 Å². The average molecular weight is 200 g/mol. The van der Waals surface area contributed by atoms with Crippen molar-refractivity contribution >= 4 is 6.09 Å². The van der Waals surface area contributed by atoms with Gasteiger partial charge < -0.3 is 20.5 Å². The van der Waals surface area contributed by atoms with E-state index in [9.17, 15) is 4.79 Å². The molecule has 1 aliphatic carbocycles. The largest absolute Gasteiger partial charge is 0.442 e. The number of hydrogen-bond acceptors (Lipinski definition) is 4. The molecule has 1 unspecified atom stereocenters. The van der Waals surface area contributed by atoms with Crippen molar-refractivity contribution in [1.29, 1.82) is 0 Å². The third kappa shape index (κ3) is 2.16. The molecule has 3 N–H and O–H groups in total. The first kappa shape index (κ1) is 9.73. The quantitative estimate of drug-likeness (QED) is 0.662. The summed E-state index contributed by atoms with van der Waals surface area (Å²) in [5, 5.41) is 2.59. The third-order valence-electron chi connectivity index (χ3n) is 2.79. The predicted octanol–water partition coefficient (Wildman–Crippen LogP) is -0.151. The smallest absolute Gasteiger partial charge is 0.407 e. The minimum Gasteiger partial charge on any atom is -0.442 e. The predicted molar refractivity (Wildman–Crippen MR) is 49.8 cm³/mol. The molecule has 2 fully saturated rings. The Kier molecular flexibility index (Phi) is 2.88. The molecular formula is C9H16N2O3. The molecule has 0 aromatic carbocycles. The molecule has 1 atom stereocenters. The molecular weight excluding hydrogens is 184 g/mol. The summed E-state index contributed by atoms with van der Waals surface area (Å²) >= 11 is 0. The second-order valence-corrected chi connectivity index (χ2v) is 3.94. The van der Waals surface area contributed by atoms with Gasteiger partial charge in [0.1, 0.15) is 6.10 Å². The molecule has 1 aliphatic heterocycles. The standard InChI is InChI=1S/C9H16N2O3/c10-3-6-1-7(2-6)13-5-8-4-11-9(12)14-8/h6-8H,1-5,10H2,(H,11,12). The number of amides is 1. The molecule has 0 bridgehead atoms. The lowest BCUT2D eigenvalue weighted by atomic mass is 9.82. The maximum atomic E-state index is 10.7. The first-order valence-corrected chi connectivity index (χ1v) is 5.04. The topological polar surface area (TPSA) is 73.6 Å². The van der Waals surface area contributed by atoms with Crippen LogP contribution < -0.4 is 11.1 Å². The van der Waals surface area contributed by atoms with E-state index in [0.717, 1.165) is 19.4 Å². The van der Waals surface area contributed by atoms with E-state index < -0.39 is 0 Å². The Balaban J connectivity index is 1.58. The molecule has 5 heteroatoms. The molecule has 5 nitrogen and oxygen atoms in total. The van der Waals surface area contributed by atoms with Gasteiger partial charge in [0, 0.05) is 0 Å². The van der Waals surface area contributed by atoms with Crippen molar-refractivity contribution in [2.24, 2.45) is 11.7 Å². The molecule has 0 aromatic heterocycles. The minimum atomic E-state index is -0.341. The van der Waals surface area contributed by atoms with E-state index in [1.807, 2.05) is 0 Å². The van der Waals surface area contributed by atoms with Gasteiger partial charge >= 0.3 is 6.09 Å². The molecule has 1 heterocycles. The highest BCUT2D eigenvalue weighted by atomic mass is 16.6. The van der Waals surface area contributed by atoms with E-state index >= 15 is 0 Å². The van der Waals surface area contributed by atoms with Gasteiger partial charge in [-0.05, 0) is 25.3 Å². The van der Waals surface area contributed by atoms with Crippen molar-refractivity contribution in [3.63, 3.8) is 0 Å². The SMILES string of the molecule is NCC1CC(OCC2CNC(=O)O2)C1. The number of alkyl carbamates (subject to hydrolysis) is 1. The van der Waals surface area contributed by atoms with Crippen LogP contribution in [0.15, 0.2) is 0 Å². The van der Waals surface area contributed by atoms with Crippen LogP contribution in [0.3, 0.4) is 0 Å². The van der Waals surface area contributed by atoms with Crippen molar-refractivity contribution in [3.05, 3.63) is 0 Å². The minimum absolute atomic E-state index is 0.112. The number of ether oxygens (including phenoxy) is 2. The van der Waals surface area contributed by atoms with Gasteiger partial charge in [0.15, 0.2) is 0 Å². The first-order chi connectivity index (χ1) is 6.78. The van der Waals surface area contributed by atoms with E-state index in [1.54, 1.807) is 0 Å². The van der Waals surface area contributed by atoms with Crippen LogP contribution >= 0.6 is 0 Å². The number of carbonyl (C=O) groups is 1. The van der Waals surface area contributed by atoms with Gasteiger partial charge in [0.2, 0.25) is 0 Å². The van der Waals surface area contributed by atoms with Crippen LogP contribution in [0.25, 0.3) is 0 Å². The van der Waals surface area contributed by atoms with E-state index in [0.29, 0.717) is 25.2 Å². The van der Waals surface area contributed by atoms with Gasteiger partial charge in [-0.1, -0.05) is 0 Å². The fraction of sp³-hybridized carbons (Fsp3) is 0.889. The number of nitrogens with two attached hydrogens (primary N) is 1. The molecule has 1 amide bonds. The third-order valence-corrected chi connectivity index (χ3v) is 2.79. The second kappa shape index (κ2) is 4.14. The second-order valence-electron chi connectivity index (χ2n) is 3.94. The summed E-state index contributed by atoms with van der Waals surface area (Å²) < 4.78 is 10.5. The number of nitrogens with one attached hydrogen (secondary N) is 1. The highest BCUT2D eigenvalue weighted by molar-refractivity contribution is 5.69. The Labute approximate surface area is 82.9 Å². The van der Waals surface area contributed by atoms with Crippen molar-refractivity contribution in [3.8, 4) is 0 Å². The molecule has 80 valence electrons. The molecule has 0 radical (unpaired) electrons. The van der Waals surface area contributed by atoms with Gasteiger partial charge in [-0.2, -0.15) is 0 Å². The first-order valence-electron chi connectivity index (χ1n) is 5.04. The maximum Gasteiger partial charge on any atom is 0.407 e. The Morgan fingerprint density at radius 2 is 2.36 bits per heavy atom. The van der Waals surface area contributed by atoms with Crippen molar-refractivity contribution < 1.29 is 14.3 Å². The molecule has 1 saturated heterocycles. The van der Waals surface area contributed by atoms with Crippen LogP contribution in [0.2, 0.25) is 0 Å². The summed E-state index contributed by atoms with van der Waals surface area (Å²) in [6.07, 6.45) is 1.96. The zero-order chi connectivity index (χ0) is 9.97. The molecule has 0 spiro atoms. The number of rotatable bonds is 4. The molecule has 2 aliphatic rings. The van der Waals surface area contributed by atoms with Crippen LogP contribution in [0, 0.1) is 5.92 Å². The number of hydrogen-bond donors (Lipinski definition) is 2. The van der Waals surface area contributed by atoms with Gasteiger partial charge in [0.05, 0.1) is 19.3 Å². The van der Waals surface area contributed by atoms with Gasteiger partial charge in [-0.3, -0.25) is 0 Å². The molecule has 14 heavy (non-hydrogen) atoms. The van der Waals surface area contributed by atoms with E-state index in [4.69, 9.17) is 15.2 Å². The van der Waals surface area contributed by atoms with Crippen LogP contribution in [0.5, 0.6) is 0 Å². The Bertz CT molecular complexity index is 216. The fourth-order valence-electron chi connectivity index (χ4n) is 1.77. The Hall–Kier alpha value is -0.810. The fourth-order valence-corrected chi connectivity index (χ4v) is 1.77. The lowest BCUT2D eigenvalue weighted by molar-refractivity contribution is -0.0560. The van der Waals surface area contributed by atoms with Crippen LogP contribution in [0.1, 0.15) is 12.8 Å². The van der Waals surface area contributed by atoms with Crippen LogP contribution in [0.4, 0.5) is 4.79 Å². The highest BCUT2D eigenvalue weighted by Crippen LogP contribution is 2.29.